The number of rotatable bonds is 9. The number of nitro benzene ring substituents is 1. The number of halogens is 3. The smallest absolute Gasteiger partial charge is 0.378 e. The van der Waals surface area contributed by atoms with Crippen LogP contribution in [0.5, 0.6) is 0 Å². The first-order valence-electron chi connectivity index (χ1n) is 9.73. The minimum Gasteiger partial charge on any atom is -0.378 e. The molecule has 0 unspecified atom stereocenters. The van der Waals surface area contributed by atoms with Crippen LogP contribution in [-0.2, 0) is 16.2 Å². The molecule has 0 fully saturated rings. The predicted molar refractivity (Wildman–Crippen MR) is 116 cm³/mol. The Kier molecular flexibility index (Phi) is 8.03. The van der Waals surface area contributed by atoms with E-state index in [4.69, 9.17) is 0 Å². The number of benzene rings is 2. The first kappa shape index (κ1) is 26.1. The lowest BCUT2D eigenvalue weighted by Gasteiger charge is -2.13. The van der Waals surface area contributed by atoms with Crippen LogP contribution in [0.25, 0.3) is 0 Å². The van der Waals surface area contributed by atoms with Gasteiger partial charge in [0.2, 0.25) is 10.0 Å². The molecule has 0 aliphatic carbocycles. The van der Waals surface area contributed by atoms with Crippen molar-refractivity contribution in [2.24, 2.45) is 0 Å². The van der Waals surface area contributed by atoms with Crippen LogP contribution in [0.2, 0.25) is 0 Å². The molecule has 0 spiro atoms. The van der Waals surface area contributed by atoms with Crippen LogP contribution < -0.4 is 15.4 Å². The molecule has 9 nitrogen and oxygen atoms in total. The van der Waals surface area contributed by atoms with Crippen LogP contribution in [0, 0.1) is 17.0 Å². The molecule has 0 radical (unpaired) electrons. The number of nitro groups is 1. The zero-order valence-electron chi connectivity index (χ0n) is 18.0. The highest BCUT2D eigenvalue weighted by Crippen LogP contribution is 2.34. The molecule has 0 heterocycles. The number of amides is 1. The second-order valence-corrected chi connectivity index (χ2v) is 9.14. The average Bonchev–Trinajstić information content (AvgIpc) is 2.69. The van der Waals surface area contributed by atoms with Crippen LogP contribution in [0.3, 0.4) is 0 Å². The normalized spacial score (nSPS) is 12.0. The summed E-state index contributed by atoms with van der Waals surface area (Å²) < 4.78 is 65.5. The maximum atomic E-state index is 12.8. The summed E-state index contributed by atoms with van der Waals surface area (Å²) >= 11 is 0. The van der Waals surface area contributed by atoms with E-state index < -0.39 is 38.3 Å². The van der Waals surface area contributed by atoms with E-state index in [1.165, 1.54) is 18.2 Å². The van der Waals surface area contributed by atoms with Crippen LogP contribution in [-0.4, -0.2) is 38.4 Å². The van der Waals surface area contributed by atoms with Crippen molar-refractivity contribution in [3.8, 4) is 0 Å². The SMILES string of the molecule is Cc1ccc(S(=O)(=O)NC(C)C)cc1C(=O)NCCNc1ccc(C(F)(F)F)cc1[N+](=O)[O-]. The topological polar surface area (TPSA) is 130 Å². The zero-order valence-corrected chi connectivity index (χ0v) is 18.8. The van der Waals surface area contributed by atoms with Gasteiger partial charge >= 0.3 is 6.18 Å². The lowest BCUT2D eigenvalue weighted by Crippen LogP contribution is -2.31. The Morgan fingerprint density at radius 2 is 1.79 bits per heavy atom. The van der Waals surface area contributed by atoms with Crippen LogP contribution >= 0.6 is 0 Å². The molecular weight excluding hydrogens is 465 g/mol. The number of carbonyl (C=O) groups excluding carboxylic acids is 1. The monoisotopic (exact) mass is 488 g/mol. The van der Waals surface area contributed by atoms with Crippen molar-refractivity contribution in [3.63, 3.8) is 0 Å². The third-order valence-electron chi connectivity index (χ3n) is 4.40. The van der Waals surface area contributed by atoms with Gasteiger partial charge in [0.1, 0.15) is 5.69 Å². The number of nitrogens with zero attached hydrogens (tertiary/aromatic N) is 1. The van der Waals surface area contributed by atoms with E-state index in [1.54, 1.807) is 20.8 Å². The molecule has 0 saturated heterocycles. The molecule has 0 atom stereocenters. The second-order valence-electron chi connectivity index (χ2n) is 7.42. The number of hydrogen-bond acceptors (Lipinski definition) is 6. The number of sulfonamides is 1. The maximum Gasteiger partial charge on any atom is 0.416 e. The fraction of sp³-hybridized carbons (Fsp3) is 0.350. The minimum atomic E-state index is -4.72. The van der Waals surface area contributed by atoms with E-state index in [9.17, 15) is 36.5 Å². The first-order valence-corrected chi connectivity index (χ1v) is 11.2. The van der Waals surface area contributed by atoms with Gasteiger partial charge in [0.25, 0.3) is 11.6 Å². The summed E-state index contributed by atoms with van der Waals surface area (Å²) in [7, 11) is -3.81. The fourth-order valence-electron chi connectivity index (χ4n) is 2.87. The van der Waals surface area contributed by atoms with Crippen molar-refractivity contribution in [2.45, 2.75) is 37.9 Å². The molecule has 2 aromatic carbocycles. The number of nitrogens with one attached hydrogen (secondary N) is 3. The van der Waals surface area contributed by atoms with E-state index in [0.717, 1.165) is 6.07 Å². The molecule has 0 bridgehead atoms. The van der Waals surface area contributed by atoms with Gasteiger partial charge in [-0.05, 0) is 50.6 Å². The summed E-state index contributed by atoms with van der Waals surface area (Å²) in [6.07, 6.45) is -4.72. The summed E-state index contributed by atoms with van der Waals surface area (Å²) in [4.78, 5) is 22.6. The molecule has 33 heavy (non-hydrogen) atoms. The van der Waals surface area contributed by atoms with Crippen LogP contribution in [0.15, 0.2) is 41.3 Å². The quantitative estimate of drug-likeness (QED) is 0.282. The van der Waals surface area contributed by atoms with E-state index in [-0.39, 0.29) is 35.3 Å². The Bertz CT molecular complexity index is 1150. The molecule has 180 valence electrons. The summed E-state index contributed by atoms with van der Waals surface area (Å²) in [5.74, 6) is -0.571. The van der Waals surface area contributed by atoms with Crippen molar-refractivity contribution < 1.29 is 31.3 Å². The lowest BCUT2D eigenvalue weighted by atomic mass is 10.1. The minimum absolute atomic E-state index is 0.0239. The Balaban J connectivity index is 2.07. The number of carbonyl (C=O) groups is 1. The van der Waals surface area contributed by atoms with Crippen molar-refractivity contribution in [1.29, 1.82) is 0 Å². The lowest BCUT2D eigenvalue weighted by molar-refractivity contribution is -0.384. The highest BCUT2D eigenvalue weighted by Gasteiger charge is 2.33. The number of hydrogen-bond donors (Lipinski definition) is 3. The Labute approximate surface area is 188 Å². The predicted octanol–water partition coefficient (Wildman–Crippen LogP) is 3.45. The van der Waals surface area contributed by atoms with Crippen molar-refractivity contribution >= 4 is 27.3 Å². The third-order valence-corrected chi connectivity index (χ3v) is 6.06. The largest absolute Gasteiger partial charge is 0.416 e. The van der Waals surface area contributed by atoms with Gasteiger partial charge in [0, 0.05) is 30.8 Å². The summed E-state index contributed by atoms with van der Waals surface area (Å²) in [5, 5.41) is 16.3. The van der Waals surface area contributed by atoms with Gasteiger partial charge in [0.05, 0.1) is 15.4 Å². The van der Waals surface area contributed by atoms with Crippen molar-refractivity contribution in [1.82, 2.24) is 10.0 Å². The van der Waals surface area contributed by atoms with Crippen molar-refractivity contribution in [3.05, 3.63) is 63.2 Å². The Morgan fingerprint density at radius 1 is 1.12 bits per heavy atom. The summed E-state index contributed by atoms with van der Waals surface area (Å²) in [6.45, 7) is 4.90. The first-order chi connectivity index (χ1) is 15.2. The number of aryl methyl sites for hydroxylation is 1. The molecule has 13 heteroatoms. The number of anilines is 1. The van der Waals surface area contributed by atoms with Gasteiger partial charge in [-0.15, -0.1) is 0 Å². The maximum absolute atomic E-state index is 12.8. The molecule has 3 N–H and O–H groups in total. The molecule has 1 amide bonds. The van der Waals surface area contributed by atoms with Gasteiger partial charge < -0.3 is 10.6 Å². The molecule has 0 aromatic heterocycles. The van der Waals surface area contributed by atoms with E-state index in [2.05, 4.69) is 15.4 Å². The van der Waals surface area contributed by atoms with Gasteiger partial charge in [-0.1, -0.05) is 6.07 Å². The van der Waals surface area contributed by atoms with Gasteiger partial charge in [0.15, 0.2) is 0 Å². The highest BCUT2D eigenvalue weighted by molar-refractivity contribution is 7.89. The van der Waals surface area contributed by atoms with E-state index in [1.807, 2.05) is 0 Å². The van der Waals surface area contributed by atoms with Gasteiger partial charge in [-0.2, -0.15) is 13.2 Å². The molecule has 0 aliphatic rings. The standard InChI is InChI=1S/C20H23F3N4O5S/c1-12(2)26-33(31,32)15-6-4-13(3)16(11-15)19(28)25-9-8-24-17-7-5-14(20(21,22)23)10-18(17)27(29)30/h4-7,10-12,24,26H,8-9H2,1-3H3,(H,25,28). The van der Waals surface area contributed by atoms with E-state index in [0.29, 0.717) is 17.7 Å². The molecule has 2 aromatic rings. The molecule has 2 rings (SSSR count). The highest BCUT2D eigenvalue weighted by atomic mass is 32.2. The third kappa shape index (κ3) is 6.89. The number of alkyl halides is 3. The zero-order chi connectivity index (χ0) is 25.0. The fourth-order valence-corrected chi connectivity index (χ4v) is 4.15. The molecule has 0 saturated carbocycles. The molecular formula is C20H23F3N4O5S. The second kappa shape index (κ2) is 10.2. The van der Waals surface area contributed by atoms with Gasteiger partial charge in [-0.25, -0.2) is 13.1 Å². The summed E-state index contributed by atoms with van der Waals surface area (Å²) in [6, 6.07) is 5.87. The Hall–Kier alpha value is -3.19. The Morgan fingerprint density at radius 3 is 2.36 bits per heavy atom. The van der Waals surface area contributed by atoms with Crippen LogP contribution in [0.1, 0.15) is 35.3 Å². The van der Waals surface area contributed by atoms with Crippen LogP contribution in [0.4, 0.5) is 24.5 Å². The van der Waals surface area contributed by atoms with E-state index >= 15 is 0 Å². The summed E-state index contributed by atoms with van der Waals surface area (Å²) in [5.41, 5.74) is -1.37. The average molecular weight is 488 g/mol. The molecule has 0 aliphatic heterocycles. The van der Waals surface area contributed by atoms with Crippen molar-refractivity contribution in [2.75, 3.05) is 18.4 Å². The van der Waals surface area contributed by atoms with Gasteiger partial charge in [-0.3, -0.25) is 14.9 Å².